The molecule has 2 aromatic rings. The first-order valence-electron chi connectivity index (χ1n) is 7.40. The lowest BCUT2D eigenvalue weighted by atomic mass is 10.1. The zero-order valence-corrected chi connectivity index (χ0v) is 14.0. The van der Waals surface area contributed by atoms with Crippen LogP contribution in [0.2, 0.25) is 5.02 Å². The van der Waals surface area contributed by atoms with Gasteiger partial charge in [0.05, 0.1) is 11.1 Å². The van der Waals surface area contributed by atoms with E-state index in [1.54, 1.807) is 12.1 Å². The lowest BCUT2D eigenvalue weighted by Gasteiger charge is -2.15. The smallest absolute Gasteiger partial charge is 0.262 e. The summed E-state index contributed by atoms with van der Waals surface area (Å²) in [4.78, 5) is 37.8. The molecule has 3 rings (SSSR count). The Kier molecular flexibility index (Phi) is 4.11. The minimum absolute atomic E-state index is 0.229. The fourth-order valence-corrected chi connectivity index (χ4v) is 2.80. The van der Waals surface area contributed by atoms with Gasteiger partial charge in [-0.25, -0.2) is 0 Å². The van der Waals surface area contributed by atoms with Crippen LogP contribution in [-0.2, 0) is 4.79 Å². The maximum Gasteiger partial charge on any atom is 0.262 e. The van der Waals surface area contributed by atoms with E-state index >= 15 is 0 Å². The number of nitrogens with zero attached hydrogens (tertiary/aromatic N) is 1. The molecule has 0 spiro atoms. The van der Waals surface area contributed by atoms with Crippen LogP contribution in [0.4, 0.5) is 5.69 Å². The molecule has 0 saturated heterocycles. The SMILES string of the molecule is Cc1cccc(NC(=O)CN2C(=O)c3ccc(Cl)cc3C2=O)c1C. The molecule has 1 heterocycles. The molecule has 5 nitrogen and oxygen atoms in total. The van der Waals surface area contributed by atoms with Gasteiger partial charge in [-0.2, -0.15) is 0 Å². The fourth-order valence-electron chi connectivity index (χ4n) is 2.63. The molecule has 0 unspecified atom stereocenters. The highest BCUT2D eigenvalue weighted by Gasteiger charge is 2.36. The Morgan fingerprint density at radius 1 is 1.08 bits per heavy atom. The van der Waals surface area contributed by atoms with Crippen LogP contribution in [0.25, 0.3) is 0 Å². The van der Waals surface area contributed by atoms with Crippen LogP contribution in [-0.4, -0.2) is 29.2 Å². The molecule has 0 atom stereocenters. The first kappa shape index (κ1) is 16.2. The zero-order valence-electron chi connectivity index (χ0n) is 13.2. The highest BCUT2D eigenvalue weighted by atomic mass is 35.5. The van der Waals surface area contributed by atoms with Crippen LogP contribution in [0.15, 0.2) is 36.4 Å². The number of benzene rings is 2. The molecule has 0 saturated carbocycles. The maximum absolute atomic E-state index is 12.3. The van der Waals surface area contributed by atoms with E-state index < -0.39 is 17.7 Å². The predicted molar refractivity (Wildman–Crippen MR) is 91.4 cm³/mol. The van der Waals surface area contributed by atoms with E-state index in [0.29, 0.717) is 10.7 Å². The number of amides is 3. The molecule has 3 amide bonds. The molecule has 0 aromatic heterocycles. The van der Waals surface area contributed by atoms with E-state index in [1.165, 1.54) is 12.1 Å². The molecule has 1 aliphatic heterocycles. The van der Waals surface area contributed by atoms with Gasteiger partial charge in [-0.15, -0.1) is 0 Å². The zero-order chi connectivity index (χ0) is 17.4. The summed E-state index contributed by atoms with van der Waals surface area (Å²) in [5.41, 5.74) is 3.15. The second kappa shape index (κ2) is 6.09. The Morgan fingerprint density at radius 3 is 2.54 bits per heavy atom. The van der Waals surface area contributed by atoms with Crippen LogP contribution in [0.1, 0.15) is 31.8 Å². The standard InChI is InChI=1S/C18H15ClN2O3/c1-10-4-3-5-15(11(10)2)20-16(22)9-21-17(23)13-7-6-12(19)8-14(13)18(21)24/h3-8H,9H2,1-2H3,(H,20,22). The Morgan fingerprint density at radius 2 is 1.79 bits per heavy atom. The van der Waals surface area contributed by atoms with Gasteiger partial charge in [-0.3, -0.25) is 19.3 Å². The summed E-state index contributed by atoms with van der Waals surface area (Å²) in [5.74, 6) is -1.42. The molecule has 0 bridgehead atoms. The molecular formula is C18H15ClN2O3. The minimum atomic E-state index is -0.506. The molecule has 6 heteroatoms. The summed E-state index contributed by atoms with van der Waals surface area (Å²) >= 11 is 5.87. The Hall–Kier alpha value is -2.66. The fraction of sp³-hybridized carbons (Fsp3) is 0.167. The van der Waals surface area contributed by atoms with Crippen molar-refractivity contribution < 1.29 is 14.4 Å². The van der Waals surface area contributed by atoms with Gasteiger partial charge in [0.2, 0.25) is 5.91 Å². The third kappa shape index (κ3) is 2.78. The average Bonchev–Trinajstić information content (AvgIpc) is 2.76. The van der Waals surface area contributed by atoms with Crippen molar-refractivity contribution >= 4 is 35.0 Å². The molecule has 24 heavy (non-hydrogen) atoms. The largest absolute Gasteiger partial charge is 0.324 e. The lowest BCUT2D eigenvalue weighted by molar-refractivity contribution is -0.116. The number of carbonyl (C=O) groups is 3. The summed E-state index contributed by atoms with van der Waals surface area (Å²) in [7, 11) is 0. The molecule has 0 aliphatic carbocycles. The van der Waals surface area contributed by atoms with Crippen LogP contribution >= 0.6 is 11.6 Å². The van der Waals surface area contributed by atoms with Crippen molar-refractivity contribution in [3.05, 3.63) is 63.7 Å². The molecule has 122 valence electrons. The second-order valence-electron chi connectivity index (χ2n) is 5.68. The van der Waals surface area contributed by atoms with E-state index in [1.807, 2.05) is 26.0 Å². The van der Waals surface area contributed by atoms with Crippen LogP contribution in [0.3, 0.4) is 0 Å². The van der Waals surface area contributed by atoms with E-state index in [9.17, 15) is 14.4 Å². The predicted octanol–water partition coefficient (Wildman–Crippen LogP) is 3.19. The molecule has 2 aromatic carbocycles. The molecule has 0 radical (unpaired) electrons. The van der Waals surface area contributed by atoms with Crippen molar-refractivity contribution in [3.8, 4) is 0 Å². The summed E-state index contributed by atoms with van der Waals surface area (Å²) in [6, 6.07) is 10.1. The van der Waals surface area contributed by atoms with E-state index in [0.717, 1.165) is 16.0 Å². The summed E-state index contributed by atoms with van der Waals surface area (Å²) in [6.45, 7) is 3.51. The van der Waals surface area contributed by atoms with Crippen molar-refractivity contribution in [2.45, 2.75) is 13.8 Å². The average molecular weight is 343 g/mol. The van der Waals surface area contributed by atoms with Gasteiger partial charge in [0.25, 0.3) is 11.8 Å². The van der Waals surface area contributed by atoms with Crippen molar-refractivity contribution in [1.82, 2.24) is 4.90 Å². The number of imide groups is 1. The Balaban J connectivity index is 1.77. The quantitative estimate of drug-likeness (QED) is 0.871. The van der Waals surface area contributed by atoms with Crippen LogP contribution < -0.4 is 5.32 Å². The monoisotopic (exact) mass is 342 g/mol. The number of fused-ring (bicyclic) bond motifs is 1. The van der Waals surface area contributed by atoms with Gasteiger partial charge in [0.15, 0.2) is 0 Å². The van der Waals surface area contributed by atoms with E-state index in [4.69, 9.17) is 11.6 Å². The Bertz CT molecular complexity index is 877. The lowest BCUT2D eigenvalue weighted by Crippen LogP contribution is -2.37. The minimum Gasteiger partial charge on any atom is -0.324 e. The number of hydrogen-bond acceptors (Lipinski definition) is 3. The third-order valence-corrected chi connectivity index (χ3v) is 4.35. The van der Waals surface area contributed by atoms with Gasteiger partial charge in [0, 0.05) is 10.7 Å². The topological polar surface area (TPSA) is 66.5 Å². The van der Waals surface area contributed by atoms with Crippen molar-refractivity contribution in [1.29, 1.82) is 0 Å². The van der Waals surface area contributed by atoms with Crippen molar-refractivity contribution in [2.24, 2.45) is 0 Å². The number of nitrogens with one attached hydrogen (secondary N) is 1. The number of carbonyl (C=O) groups excluding carboxylic acids is 3. The van der Waals surface area contributed by atoms with E-state index in [2.05, 4.69) is 5.32 Å². The number of halogens is 1. The van der Waals surface area contributed by atoms with Crippen molar-refractivity contribution in [2.75, 3.05) is 11.9 Å². The van der Waals surface area contributed by atoms with Gasteiger partial charge < -0.3 is 5.32 Å². The molecule has 0 fully saturated rings. The molecule has 1 aliphatic rings. The Labute approximate surface area is 144 Å². The van der Waals surface area contributed by atoms with Gasteiger partial charge in [0.1, 0.15) is 6.54 Å². The first-order chi connectivity index (χ1) is 11.4. The van der Waals surface area contributed by atoms with Crippen molar-refractivity contribution in [3.63, 3.8) is 0 Å². The van der Waals surface area contributed by atoms with E-state index in [-0.39, 0.29) is 17.7 Å². The normalized spacial score (nSPS) is 13.2. The van der Waals surface area contributed by atoms with Gasteiger partial charge >= 0.3 is 0 Å². The summed E-state index contributed by atoms with van der Waals surface area (Å²) in [6.07, 6.45) is 0. The summed E-state index contributed by atoms with van der Waals surface area (Å²) < 4.78 is 0. The number of aryl methyl sites for hydroxylation is 1. The molecule has 1 N–H and O–H groups in total. The van der Waals surface area contributed by atoms with Gasteiger partial charge in [-0.1, -0.05) is 23.7 Å². The van der Waals surface area contributed by atoms with Crippen LogP contribution in [0.5, 0.6) is 0 Å². The maximum atomic E-state index is 12.3. The number of anilines is 1. The van der Waals surface area contributed by atoms with Gasteiger partial charge in [-0.05, 0) is 49.2 Å². The third-order valence-electron chi connectivity index (χ3n) is 4.11. The highest BCUT2D eigenvalue weighted by molar-refractivity contribution is 6.32. The second-order valence-corrected chi connectivity index (χ2v) is 6.12. The number of hydrogen-bond donors (Lipinski definition) is 1. The first-order valence-corrected chi connectivity index (χ1v) is 7.78. The highest BCUT2D eigenvalue weighted by Crippen LogP contribution is 2.26. The summed E-state index contributed by atoms with van der Waals surface area (Å²) in [5, 5.41) is 3.12. The van der Waals surface area contributed by atoms with Crippen LogP contribution in [0, 0.1) is 13.8 Å². The number of rotatable bonds is 3. The molecular weight excluding hydrogens is 328 g/mol.